The molecule has 8 heteroatoms. The Morgan fingerprint density at radius 3 is 2.42 bits per heavy atom. The van der Waals surface area contributed by atoms with Crippen molar-refractivity contribution in [1.82, 2.24) is 9.78 Å². The molecule has 6 nitrogen and oxygen atoms in total. The van der Waals surface area contributed by atoms with Crippen LogP contribution < -0.4 is 11.1 Å². The summed E-state index contributed by atoms with van der Waals surface area (Å²) in [7, 11) is 1.50. The molecular weight excluding hydrogens is 400 g/mol. The molecule has 0 saturated heterocycles. The maximum atomic E-state index is 14.8. The lowest BCUT2D eigenvalue weighted by atomic mass is 10.1. The van der Waals surface area contributed by atoms with Crippen LogP contribution in [-0.2, 0) is 0 Å². The largest absolute Gasteiger partial charge is 0.384 e. The van der Waals surface area contributed by atoms with Gasteiger partial charge >= 0.3 is 0 Å². The lowest BCUT2D eigenvalue weighted by Crippen LogP contribution is -2.19. The molecule has 4 rings (SSSR count). The number of aryl methyl sites for hydroxylation is 1. The molecule has 156 valence electrons. The predicted molar refractivity (Wildman–Crippen MR) is 117 cm³/mol. The number of carbonyl (C=O) groups excluding carboxylic acids is 1. The first kappa shape index (κ1) is 20.2. The van der Waals surface area contributed by atoms with Crippen LogP contribution in [0.15, 0.2) is 65.7 Å². The number of nitrogens with one attached hydrogen (secondary N) is 1. The second-order valence-electron chi connectivity index (χ2n) is 6.99. The zero-order chi connectivity index (χ0) is 22.1. The molecular formula is C23H19F2N5O. The summed E-state index contributed by atoms with van der Waals surface area (Å²) in [6, 6.07) is 16.0. The van der Waals surface area contributed by atoms with Crippen LogP contribution in [0.4, 0.5) is 14.5 Å². The Kier molecular flexibility index (Phi) is 5.21. The maximum absolute atomic E-state index is 14.8. The van der Waals surface area contributed by atoms with Crippen molar-refractivity contribution in [2.24, 2.45) is 10.7 Å². The highest BCUT2D eigenvalue weighted by molar-refractivity contribution is 6.04. The van der Waals surface area contributed by atoms with Gasteiger partial charge in [-0.3, -0.25) is 9.79 Å². The van der Waals surface area contributed by atoms with Gasteiger partial charge < -0.3 is 11.1 Å². The van der Waals surface area contributed by atoms with Crippen molar-refractivity contribution in [1.29, 1.82) is 0 Å². The fourth-order valence-corrected chi connectivity index (χ4v) is 3.30. The van der Waals surface area contributed by atoms with Gasteiger partial charge in [0.15, 0.2) is 0 Å². The molecule has 0 bridgehead atoms. The highest BCUT2D eigenvalue weighted by Gasteiger charge is 2.20. The van der Waals surface area contributed by atoms with E-state index in [9.17, 15) is 13.6 Å². The summed E-state index contributed by atoms with van der Waals surface area (Å²) < 4.78 is 30.5. The lowest BCUT2D eigenvalue weighted by molar-refractivity contribution is 0.101. The van der Waals surface area contributed by atoms with Crippen LogP contribution in [0.5, 0.6) is 0 Å². The van der Waals surface area contributed by atoms with Crippen molar-refractivity contribution >= 4 is 28.2 Å². The Labute approximate surface area is 177 Å². The van der Waals surface area contributed by atoms with E-state index in [-0.39, 0.29) is 22.9 Å². The van der Waals surface area contributed by atoms with Gasteiger partial charge in [-0.2, -0.15) is 5.10 Å². The molecule has 0 unspecified atom stereocenters. The third-order valence-electron chi connectivity index (χ3n) is 4.86. The topological polar surface area (TPSA) is 85.3 Å². The number of hydrogen-bond acceptors (Lipinski definition) is 3. The van der Waals surface area contributed by atoms with Crippen LogP contribution in [-0.4, -0.2) is 28.6 Å². The first-order valence-corrected chi connectivity index (χ1v) is 9.46. The number of fused-ring (bicyclic) bond motifs is 1. The van der Waals surface area contributed by atoms with E-state index >= 15 is 0 Å². The number of nitrogens with zero attached hydrogens (tertiary/aromatic N) is 3. The van der Waals surface area contributed by atoms with E-state index in [1.807, 2.05) is 18.2 Å². The molecule has 0 spiro atoms. The number of benzene rings is 3. The van der Waals surface area contributed by atoms with Gasteiger partial charge in [0.1, 0.15) is 28.9 Å². The average molecular weight is 419 g/mol. The van der Waals surface area contributed by atoms with Gasteiger partial charge in [-0.05, 0) is 54.1 Å². The van der Waals surface area contributed by atoms with Crippen molar-refractivity contribution in [3.05, 3.63) is 89.2 Å². The monoisotopic (exact) mass is 419 g/mol. The minimum Gasteiger partial charge on any atom is -0.384 e. The Morgan fingerprint density at radius 1 is 1.03 bits per heavy atom. The molecule has 3 N–H and O–H groups in total. The number of nitrogens with two attached hydrogens (primary N) is 1. The number of amides is 1. The van der Waals surface area contributed by atoms with Gasteiger partial charge in [-0.15, -0.1) is 0 Å². The van der Waals surface area contributed by atoms with Gasteiger partial charge in [-0.1, -0.05) is 24.3 Å². The summed E-state index contributed by atoms with van der Waals surface area (Å²) in [4.78, 5) is 16.7. The van der Waals surface area contributed by atoms with Crippen molar-refractivity contribution in [3.63, 3.8) is 0 Å². The number of anilines is 1. The third-order valence-corrected chi connectivity index (χ3v) is 4.86. The van der Waals surface area contributed by atoms with Crippen molar-refractivity contribution in [2.45, 2.75) is 6.92 Å². The molecule has 0 atom stereocenters. The summed E-state index contributed by atoms with van der Waals surface area (Å²) in [6.07, 6.45) is 0. The standard InChI is InChI=1S/C23H19F2N5O/c1-13-9-21(23(31)28-19-8-7-16(11-17(19)24)22(26)27-2)30(29-13)20-12-15-6-4-3-5-14(15)10-18(20)25/h3-12H,1-2H3,(H2,26,27)(H,28,31). The molecule has 4 aromatic rings. The Balaban J connectivity index is 1.71. The van der Waals surface area contributed by atoms with Gasteiger partial charge in [-0.25, -0.2) is 13.5 Å². The SMILES string of the molecule is CN=C(N)c1ccc(NC(=O)c2cc(C)nn2-c2cc3ccccc3cc2F)c(F)c1. The summed E-state index contributed by atoms with van der Waals surface area (Å²) in [5.74, 6) is -1.65. The molecule has 0 saturated carbocycles. The summed E-state index contributed by atoms with van der Waals surface area (Å²) in [5, 5.41) is 8.32. The first-order valence-electron chi connectivity index (χ1n) is 9.46. The summed E-state index contributed by atoms with van der Waals surface area (Å²) in [5.41, 5.74) is 6.77. The van der Waals surface area contributed by atoms with E-state index in [1.165, 1.54) is 36.0 Å². The van der Waals surface area contributed by atoms with E-state index in [2.05, 4.69) is 15.4 Å². The average Bonchev–Trinajstić information content (AvgIpc) is 3.15. The zero-order valence-electron chi connectivity index (χ0n) is 16.9. The molecule has 0 aliphatic carbocycles. The van der Waals surface area contributed by atoms with Crippen LogP contribution in [0.25, 0.3) is 16.5 Å². The highest BCUT2D eigenvalue weighted by atomic mass is 19.1. The second-order valence-corrected chi connectivity index (χ2v) is 6.99. The number of rotatable bonds is 4. The van der Waals surface area contributed by atoms with Gasteiger partial charge in [0, 0.05) is 12.6 Å². The maximum Gasteiger partial charge on any atom is 0.274 e. The van der Waals surface area contributed by atoms with Gasteiger partial charge in [0.05, 0.1) is 11.4 Å². The van der Waals surface area contributed by atoms with Crippen LogP contribution in [0.1, 0.15) is 21.7 Å². The van der Waals surface area contributed by atoms with E-state index in [4.69, 9.17) is 5.73 Å². The smallest absolute Gasteiger partial charge is 0.274 e. The normalized spacial score (nSPS) is 11.7. The number of carbonyl (C=O) groups is 1. The fraction of sp³-hybridized carbons (Fsp3) is 0.0870. The molecule has 0 aliphatic rings. The Bertz CT molecular complexity index is 1340. The number of halogens is 2. The van der Waals surface area contributed by atoms with Crippen molar-refractivity contribution in [3.8, 4) is 5.69 Å². The molecule has 1 heterocycles. The Hall–Kier alpha value is -4.07. The highest BCUT2D eigenvalue weighted by Crippen LogP contribution is 2.24. The summed E-state index contributed by atoms with van der Waals surface area (Å²) >= 11 is 0. The van der Waals surface area contributed by atoms with Gasteiger partial charge in [0.25, 0.3) is 5.91 Å². The van der Waals surface area contributed by atoms with Crippen molar-refractivity contribution in [2.75, 3.05) is 12.4 Å². The second kappa shape index (κ2) is 7.98. The van der Waals surface area contributed by atoms with Crippen LogP contribution in [0.2, 0.25) is 0 Å². The molecule has 0 fully saturated rings. The molecule has 31 heavy (non-hydrogen) atoms. The number of hydrogen-bond donors (Lipinski definition) is 2. The minimum atomic E-state index is -0.669. The quantitative estimate of drug-likeness (QED) is 0.384. The number of aliphatic imine (C=N–C) groups is 1. The van der Waals surface area contributed by atoms with Crippen LogP contribution in [0, 0.1) is 18.6 Å². The first-order chi connectivity index (χ1) is 14.9. The molecule has 1 aromatic heterocycles. The van der Waals surface area contributed by atoms with Crippen molar-refractivity contribution < 1.29 is 13.6 Å². The molecule has 3 aromatic carbocycles. The fourth-order valence-electron chi connectivity index (χ4n) is 3.30. The number of aromatic nitrogens is 2. The van der Waals surface area contributed by atoms with Gasteiger partial charge in [0.2, 0.25) is 0 Å². The third kappa shape index (κ3) is 3.87. The number of amidine groups is 1. The predicted octanol–water partition coefficient (Wildman–Crippen LogP) is 4.20. The Morgan fingerprint density at radius 2 is 1.74 bits per heavy atom. The lowest BCUT2D eigenvalue weighted by Gasteiger charge is -2.11. The molecule has 0 aliphatic heterocycles. The van der Waals surface area contributed by atoms with E-state index < -0.39 is 17.5 Å². The molecule has 0 radical (unpaired) electrons. The van der Waals surface area contributed by atoms with Crippen LogP contribution in [0.3, 0.4) is 0 Å². The minimum absolute atomic E-state index is 0.0398. The van der Waals surface area contributed by atoms with E-state index in [0.717, 1.165) is 10.8 Å². The van der Waals surface area contributed by atoms with Crippen LogP contribution >= 0.6 is 0 Å². The zero-order valence-corrected chi connectivity index (χ0v) is 16.9. The summed E-state index contributed by atoms with van der Waals surface area (Å²) in [6.45, 7) is 1.69. The van der Waals surface area contributed by atoms with E-state index in [0.29, 0.717) is 11.3 Å². The van der Waals surface area contributed by atoms with E-state index in [1.54, 1.807) is 25.1 Å². The molecule has 1 amide bonds.